The molecule has 2 amide bonds. The fourth-order valence-corrected chi connectivity index (χ4v) is 2.77. The van der Waals surface area contributed by atoms with Crippen molar-refractivity contribution in [1.82, 2.24) is 15.6 Å². The Balaban J connectivity index is 2.17. The third-order valence-electron chi connectivity index (χ3n) is 3.81. The molecule has 2 N–H and O–H groups in total. The van der Waals surface area contributed by atoms with Gasteiger partial charge >= 0.3 is 6.03 Å². The molecule has 3 rings (SSSR count). The molecule has 0 radical (unpaired) electrons. The highest BCUT2D eigenvalue weighted by atomic mass is 16.5. The monoisotopic (exact) mass is 297 g/mol. The Kier molecular flexibility index (Phi) is 3.81. The van der Waals surface area contributed by atoms with Crippen LogP contribution < -0.4 is 10.6 Å². The van der Waals surface area contributed by atoms with Crippen LogP contribution in [0.15, 0.2) is 42.1 Å². The SMILES string of the molecule is COC1NC(=O)NC(c2cnc3ccccc3c2)=C1C(C)C. The smallest absolute Gasteiger partial charge is 0.321 e. The highest BCUT2D eigenvalue weighted by molar-refractivity contribution is 5.91. The number of rotatable bonds is 3. The maximum atomic E-state index is 11.9. The number of carbonyl (C=O) groups is 1. The van der Waals surface area contributed by atoms with Crippen molar-refractivity contribution in [2.24, 2.45) is 5.92 Å². The van der Waals surface area contributed by atoms with E-state index in [2.05, 4.69) is 29.5 Å². The molecule has 1 unspecified atom stereocenters. The molecule has 2 aromatic rings. The Morgan fingerprint density at radius 3 is 2.77 bits per heavy atom. The number of benzene rings is 1. The van der Waals surface area contributed by atoms with Crippen LogP contribution in [0.2, 0.25) is 0 Å². The summed E-state index contributed by atoms with van der Waals surface area (Å²) >= 11 is 0. The van der Waals surface area contributed by atoms with Gasteiger partial charge in [-0.2, -0.15) is 0 Å². The molecule has 0 saturated carbocycles. The Morgan fingerprint density at radius 1 is 1.27 bits per heavy atom. The Bertz CT molecular complexity index is 752. The maximum Gasteiger partial charge on any atom is 0.321 e. The zero-order chi connectivity index (χ0) is 15.7. The summed E-state index contributed by atoms with van der Waals surface area (Å²) in [6, 6.07) is 9.69. The summed E-state index contributed by atoms with van der Waals surface area (Å²) in [6.07, 6.45) is 1.37. The van der Waals surface area contributed by atoms with E-state index < -0.39 is 6.23 Å². The van der Waals surface area contributed by atoms with E-state index in [1.54, 1.807) is 13.3 Å². The van der Waals surface area contributed by atoms with Gasteiger partial charge in [-0.25, -0.2) is 4.79 Å². The molecular weight excluding hydrogens is 278 g/mol. The Morgan fingerprint density at radius 2 is 2.05 bits per heavy atom. The molecule has 5 heteroatoms. The number of hydrogen-bond acceptors (Lipinski definition) is 3. The van der Waals surface area contributed by atoms with Gasteiger partial charge in [-0.1, -0.05) is 32.0 Å². The van der Waals surface area contributed by atoms with E-state index in [1.165, 1.54) is 0 Å². The minimum atomic E-state index is -0.421. The number of hydrogen-bond donors (Lipinski definition) is 2. The lowest BCUT2D eigenvalue weighted by molar-refractivity contribution is 0.0995. The quantitative estimate of drug-likeness (QED) is 0.915. The van der Waals surface area contributed by atoms with Crippen LogP contribution in [0.5, 0.6) is 0 Å². The summed E-state index contributed by atoms with van der Waals surface area (Å²) in [4.78, 5) is 16.4. The topological polar surface area (TPSA) is 63.2 Å². The average Bonchev–Trinajstić information content (AvgIpc) is 2.53. The predicted molar refractivity (Wildman–Crippen MR) is 86.0 cm³/mol. The van der Waals surface area contributed by atoms with Gasteiger partial charge in [-0.3, -0.25) is 4.98 Å². The minimum absolute atomic E-state index is 0.222. The first-order valence-electron chi connectivity index (χ1n) is 7.29. The molecule has 1 aromatic heterocycles. The molecule has 114 valence electrons. The predicted octanol–water partition coefficient (Wildman–Crippen LogP) is 2.89. The van der Waals surface area contributed by atoms with Crippen LogP contribution in [-0.2, 0) is 4.74 Å². The Hall–Kier alpha value is -2.40. The second-order valence-electron chi connectivity index (χ2n) is 5.62. The largest absolute Gasteiger partial charge is 0.358 e. The number of para-hydroxylation sites is 1. The normalized spacial score (nSPS) is 18.5. The van der Waals surface area contributed by atoms with Crippen LogP contribution in [0.3, 0.4) is 0 Å². The van der Waals surface area contributed by atoms with Crippen molar-refractivity contribution >= 4 is 22.6 Å². The third kappa shape index (κ3) is 2.55. The van der Waals surface area contributed by atoms with Gasteiger partial charge in [0.05, 0.1) is 11.2 Å². The van der Waals surface area contributed by atoms with Crippen molar-refractivity contribution in [2.75, 3.05) is 7.11 Å². The number of ether oxygens (including phenoxy) is 1. The van der Waals surface area contributed by atoms with E-state index in [4.69, 9.17) is 4.74 Å². The van der Waals surface area contributed by atoms with E-state index in [-0.39, 0.29) is 11.9 Å². The Labute approximate surface area is 129 Å². The number of methoxy groups -OCH3 is 1. The maximum absolute atomic E-state index is 11.9. The molecule has 22 heavy (non-hydrogen) atoms. The van der Waals surface area contributed by atoms with Crippen LogP contribution in [0.25, 0.3) is 16.6 Å². The number of pyridine rings is 1. The van der Waals surface area contributed by atoms with Gasteiger partial charge in [-0.15, -0.1) is 0 Å². The average molecular weight is 297 g/mol. The van der Waals surface area contributed by atoms with Crippen LogP contribution in [0.1, 0.15) is 19.4 Å². The molecule has 1 aromatic carbocycles. The van der Waals surface area contributed by atoms with Crippen LogP contribution >= 0.6 is 0 Å². The van der Waals surface area contributed by atoms with Crippen molar-refractivity contribution in [3.8, 4) is 0 Å². The first kappa shape index (κ1) is 14.5. The fraction of sp³-hybridized carbons (Fsp3) is 0.294. The summed E-state index contributed by atoms with van der Waals surface area (Å²) < 4.78 is 5.42. The highest BCUT2D eigenvalue weighted by Crippen LogP contribution is 2.28. The number of urea groups is 1. The van der Waals surface area contributed by atoms with Gasteiger partial charge in [0.1, 0.15) is 0 Å². The molecule has 1 atom stereocenters. The minimum Gasteiger partial charge on any atom is -0.358 e. The number of nitrogens with one attached hydrogen (secondary N) is 2. The summed E-state index contributed by atoms with van der Waals surface area (Å²) in [6.45, 7) is 4.16. The molecular formula is C17H19N3O2. The summed E-state index contributed by atoms with van der Waals surface area (Å²) in [5.74, 6) is 0.222. The standard InChI is InChI=1S/C17H19N3O2/c1-10(2)14-15(19-17(21)20-16(14)22-3)12-8-11-6-4-5-7-13(11)18-9-12/h4-10,16H,1-3H3,(H2,19,20,21). The molecule has 0 fully saturated rings. The molecule has 1 aliphatic rings. The number of aromatic nitrogens is 1. The van der Waals surface area contributed by atoms with Crippen molar-refractivity contribution in [1.29, 1.82) is 0 Å². The highest BCUT2D eigenvalue weighted by Gasteiger charge is 2.29. The fourth-order valence-electron chi connectivity index (χ4n) is 2.77. The summed E-state index contributed by atoms with van der Waals surface area (Å²) in [5.41, 5.74) is 3.61. The number of nitrogens with zero attached hydrogens (tertiary/aromatic N) is 1. The molecule has 0 aliphatic carbocycles. The number of fused-ring (bicyclic) bond motifs is 1. The van der Waals surface area contributed by atoms with E-state index in [0.717, 1.165) is 27.7 Å². The second kappa shape index (κ2) is 5.77. The number of amides is 2. The van der Waals surface area contributed by atoms with Gasteiger partial charge < -0.3 is 15.4 Å². The zero-order valence-electron chi connectivity index (χ0n) is 12.9. The van der Waals surface area contributed by atoms with Crippen LogP contribution in [0, 0.1) is 5.92 Å². The lowest BCUT2D eigenvalue weighted by Gasteiger charge is -2.31. The molecule has 0 bridgehead atoms. The van der Waals surface area contributed by atoms with E-state index in [0.29, 0.717) is 0 Å². The summed E-state index contributed by atoms with van der Waals surface area (Å²) in [5, 5.41) is 6.73. The lowest BCUT2D eigenvalue weighted by atomic mass is 9.94. The molecule has 2 heterocycles. The first-order valence-corrected chi connectivity index (χ1v) is 7.29. The van der Waals surface area contributed by atoms with Gasteiger partial charge in [0.25, 0.3) is 0 Å². The van der Waals surface area contributed by atoms with E-state index in [1.807, 2.05) is 30.3 Å². The van der Waals surface area contributed by atoms with Crippen molar-refractivity contribution in [2.45, 2.75) is 20.1 Å². The van der Waals surface area contributed by atoms with Gasteiger partial charge in [0, 0.05) is 29.8 Å². The van der Waals surface area contributed by atoms with Gasteiger partial charge in [0.15, 0.2) is 6.23 Å². The van der Waals surface area contributed by atoms with Gasteiger partial charge in [0.2, 0.25) is 0 Å². The summed E-state index contributed by atoms with van der Waals surface area (Å²) in [7, 11) is 1.59. The lowest BCUT2D eigenvalue weighted by Crippen LogP contribution is -2.49. The van der Waals surface area contributed by atoms with Gasteiger partial charge in [-0.05, 0) is 18.1 Å². The van der Waals surface area contributed by atoms with Crippen LogP contribution in [-0.4, -0.2) is 24.4 Å². The molecule has 0 spiro atoms. The molecule has 1 aliphatic heterocycles. The van der Waals surface area contributed by atoms with Crippen LogP contribution in [0.4, 0.5) is 4.79 Å². The van der Waals surface area contributed by atoms with E-state index >= 15 is 0 Å². The first-order chi connectivity index (χ1) is 10.6. The molecule has 0 saturated heterocycles. The molecule has 5 nitrogen and oxygen atoms in total. The second-order valence-corrected chi connectivity index (χ2v) is 5.62. The number of carbonyl (C=O) groups excluding carboxylic acids is 1. The van der Waals surface area contributed by atoms with E-state index in [9.17, 15) is 4.79 Å². The van der Waals surface area contributed by atoms with Crippen molar-refractivity contribution in [3.05, 3.63) is 47.7 Å². The van der Waals surface area contributed by atoms with Crippen molar-refractivity contribution in [3.63, 3.8) is 0 Å². The zero-order valence-corrected chi connectivity index (χ0v) is 12.9. The van der Waals surface area contributed by atoms with Crippen molar-refractivity contribution < 1.29 is 9.53 Å². The third-order valence-corrected chi connectivity index (χ3v) is 3.81.